The van der Waals surface area contributed by atoms with Crippen molar-refractivity contribution >= 4 is 27.8 Å². The molecule has 7 heteroatoms. The number of amides is 1. The predicted molar refractivity (Wildman–Crippen MR) is 112 cm³/mol. The zero-order valence-electron chi connectivity index (χ0n) is 16.7. The van der Waals surface area contributed by atoms with Crippen molar-refractivity contribution in [3.63, 3.8) is 0 Å². The van der Waals surface area contributed by atoms with E-state index in [9.17, 15) is 9.59 Å². The number of esters is 1. The highest BCUT2D eigenvalue weighted by Crippen LogP contribution is 2.35. The summed E-state index contributed by atoms with van der Waals surface area (Å²) in [6.07, 6.45) is 0.0813. The molecule has 1 aliphatic rings. The average Bonchev–Trinajstić information content (AvgIpc) is 2.69. The summed E-state index contributed by atoms with van der Waals surface area (Å²) in [5, 5.41) is 2.84. The molecule has 0 aliphatic carbocycles. The van der Waals surface area contributed by atoms with E-state index in [1.54, 1.807) is 19.1 Å². The first-order valence-corrected chi connectivity index (χ1v) is 10.3. The normalized spacial score (nSPS) is 13.5. The Morgan fingerprint density at radius 1 is 1.17 bits per heavy atom. The first-order valence-electron chi connectivity index (χ1n) is 9.50. The van der Waals surface area contributed by atoms with Crippen molar-refractivity contribution in [2.75, 3.05) is 19.8 Å². The van der Waals surface area contributed by atoms with Gasteiger partial charge in [-0.2, -0.15) is 0 Å². The molecule has 154 valence electrons. The molecule has 0 fully saturated rings. The lowest BCUT2D eigenvalue weighted by Gasteiger charge is -2.22. The van der Waals surface area contributed by atoms with Crippen LogP contribution in [0.1, 0.15) is 35.2 Å². The van der Waals surface area contributed by atoms with Crippen molar-refractivity contribution in [3.8, 4) is 11.5 Å². The maximum absolute atomic E-state index is 12.8. The van der Waals surface area contributed by atoms with E-state index in [1.807, 2.05) is 32.0 Å². The van der Waals surface area contributed by atoms with Gasteiger partial charge < -0.3 is 19.5 Å². The van der Waals surface area contributed by atoms with E-state index in [4.69, 9.17) is 14.2 Å². The van der Waals surface area contributed by atoms with Gasteiger partial charge in [-0.15, -0.1) is 0 Å². The molecule has 29 heavy (non-hydrogen) atoms. The molecule has 1 amide bonds. The van der Waals surface area contributed by atoms with Crippen LogP contribution in [0.15, 0.2) is 34.8 Å². The molecule has 2 aromatic rings. The largest absolute Gasteiger partial charge is 0.486 e. The Morgan fingerprint density at radius 2 is 1.86 bits per heavy atom. The van der Waals surface area contributed by atoms with Crippen LogP contribution < -0.4 is 14.8 Å². The standard InChI is InChI=1S/C22H24BrNO5/c1-4-27-22(26)21(16-7-5-6-13(2)14(16)3)24-20(25)11-15-10-18-19(12-17(15)23)29-9-8-28-18/h5-7,10,12,21H,4,8-9,11H2,1-3H3,(H,24,25). The molecule has 3 rings (SSSR count). The Labute approximate surface area is 178 Å². The molecule has 1 N–H and O–H groups in total. The van der Waals surface area contributed by atoms with Crippen LogP contribution in [0.4, 0.5) is 0 Å². The van der Waals surface area contributed by atoms with Crippen LogP contribution in [-0.4, -0.2) is 31.7 Å². The van der Waals surface area contributed by atoms with E-state index < -0.39 is 12.0 Å². The van der Waals surface area contributed by atoms with Crippen molar-refractivity contribution in [2.45, 2.75) is 33.2 Å². The molecule has 0 saturated heterocycles. The number of nitrogens with one attached hydrogen (secondary N) is 1. The Kier molecular flexibility index (Phi) is 6.79. The summed E-state index contributed by atoms with van der Waals surface area (Å²) < 4.78 is 17.1. The van der Waals surface area contributed by atoms with Crippen LogP contribution >= 0.6 is 15.9 Å². The van der Waals surface area contributed by atoms with Gasteiger partial charge in [0.1, 0.15) is 13.2 Å². The minimum absolute atomic E-state index is 0.0813. The van der Waals surface area contributed by atoms with Gasteiger partial charge in [0.15, 0.2) is 17.5 Å². The molecule has 1 heterocycles. The third-order valence-electron chi connectivity index (χ3n) is 4.85. The summed E-state index contributed by atoms with van der Waals surface area (Å²) in [4.78, 5) is 25.4. The van der Waals surface area contributed by atoms with Crippen LogP contribution in [0.2, 0.25) is 0 Å². The Balaban J connectivity index is 1.82. The second-order valence-electron chi connectivity index (χ2n) is 6.81. The van der Waals surface area contributed by atoms with Crippen molar-refractivity contribution in [1.82, 2.24) is 5.32 Å². The van der Waals surface area contributed by atoms with Gasteiger partial charge in [-0.1, -0.05) is 34.1 Å². The van der Waals surface area contributed by atoms with Crippen molar-refractivity contribution in [2.24, 2.45) is 0 Å². The maximum atomic E-state index is 12.8. The van der Waals surface area contributed by atoms with E-state index in [0.717, 1.165) is 26.7 Å². The summed E-state index contributed by atoms with van der Waals surface area (Å²) in [5.74, 6) is 0.489. The smallest absolute Gasteiger partial charge is 0.333 e. The third kappa shape index (κ3) is 4.90. The number of benzene rings is 2. The number of aryl methyl sites for hydroxylation is 1. The van der Waals surface area contributed by atoms with Crippen LogP contribution in [-0.2, 0) is 20.7 Å². The van der Waals surface area contributed by atoms with Gasteiger partial charge in [0.2, 0.25) is 5.91 Å². The van der Waals surface area contributed by atoms with E-state index in [-0.39, 0.29) is 18.9 Å². The number of carbonyl (C=O) groups excluding carboxylic acids is 2. The Morgan fingerprint density at radius 3 is 2.55 bits per heavy atom. The third-order valence-corrected chi connectivity index (χ3v) is 5.59. The molecule has 0 radical (unpaired) electrons. The average molecular weight is 462 g/mol. The van der Waals surface area contributed by atoms with Gasteiger partial charge in [-0.25, -0.2) is 4.79 Å². The summed E-state index contributed by atoms with van der Waals surface area (Å²) in [6, 6.07) is 8.39. The molecule has 0 saturated carbocycles. The molecule has 1 unspecified atom stereocenters. The Bertz CT molecular complexity index is 928. The quantitative estimate of drug-likeness (QED) is 0.662. The zero-order chi connectivity index (χ0) is 21.0. The van der Waals surface area contributed by atoms with Gasteiger partial charge in [0.05, 0.1) is 13.0 Å². The maximum Gasteiger partial charge on any atom is 0.333 e. The monoisotopic (exact) mass is 461 g/mol. The van der Waals surface area contributed by atoms with E-state index in [0.29, 0.717) is 24.7 Å². The SMILES string of the molecule is CCOC(=O)C(NC(=O)Cc1cc2c(cc1Br)OCCO2)c1cccc(C)c1C. The molecule has 6 nitrogen and oxygen atoms in total. The summed E-state index contributed by atoms with van der Waals surface area (Å²) in [6.45, 7) is 6.85. The van der Waals surface area contributed by atoms with Crippen molar-refractivity contribution in [1.29, 1.82) is 0 Å². The fourth-order valence-corrected chi connectivity index (χ4v) is 3.66. The lowest BCUT2D eigenvalue weighted by molar-refractivity contribution is -0.147. The van der Waals surface area contributed by atoms with Gasteiger partial charge >= 0.3 is 5.97 Å². The van der Waals surface area contributed by atoms with Crippen molar-refractivity contribution < 1.29 is 23.8 Å². The minimum atomic E-state index is -0.863. The topological polar surface area (TPSA) is 73.9 Å². The Hall–Kier alpha value is -2.54. The lowest BCUT2D eigenvalue weighted by Crippen LogP contribution is -2.36. The second-order valence-corrected chi connectivity index (χ2v) is 7.66. The molecular weight excluding hydrogens is 438 g/mol. The van der Waals surface area contributed by atoms with Gasteiger partial charge in [-0.3, -0.25) is 4.79 Å². The highest BCUT2D eigenvalue weighted by Gasteiger charge is 2.26. The lowest BCUT2D eigenvalue weighted by atomic mass is 9.97. The molecule has 0 spiro atoms. The number of rotatable bonds is 6. The number of hydrogen-bond donors (Lipinski definition) is 1. The van der Waals surface area contributed by atoms with E-state index in [2.05, 4.69) is 21.2 Å². The molecule has 1 aliphatic heterocycles. The second kappa shape index (κ2) is 9.31. The molecular formula is C22H24BrNO5. The van der Waals surface area contributed by atoms with Crippen molar-refractivity contribution in [3.05, 3.63) is 57.1 Å². The van der Waals surface area contributed by atoms with E-state index >= 15 is 0 Å². The van der Waals surface area contributed by atoms with Gasteiger partial charge in [0, 0.05) is 4.47 Å². The highest BCUT2D eigenvalue weighted by molar-refractivity contribution is 9.10. The fourth-order valence-electron chi connectivity index (χ4n) is 3.20. The van der Waals surface area contributed by atoms with Gasteiger partial charge in [0.25, 0.3) is 0 Å². The van der Waals surface area contributed by atoms with E-state index in [1.165, 1.54) is 0 Å². The number of fused-ring (bicyclic) bond motifs is 1. The number of hydrogen-bond acceptors (Lipinski definition) is 5. The molecule has 2 aromatic carbocycles. The first-order chi connectivity index (χ1) is 13.9. The fraction of sp³-hybridized carbons (Fsp3) is 0.364. The van der Waals surface area contributed by atoms with Crippen LogP contribution in [0.25, 0.3) is 0 Å². The highest BCUT2D eigenvalue weighted by atomic mass is 79.9. The molecule has 0 bridgehead atoms. The summed E-state index contributed by atoms with van der Waals surface area (Å²) in [7, 11) is 0. The minimum Gasteiger partial charge on any atom is -0.486 e. The molecule has 0 aromatic heterocycles. The predicted octanol–water partition coefficient (Wildman–Crippen LogP) is 3.80. The molecule has 1 atom stereocenters. The summed E-state index contributed by atoms with van der Waals surface area (Å²) in [5.41, 5.74) is 3.47. The van der Waals surface area contributed by atoms with Gasteiger partial charge in [-0.05, 0) is 55.2 Å². The number of carbonyl (C=O) groups is 2. The van der Waals surface area contributed by atoms with Crippen LogP contribution in [0, 0.1) is 13.8 Å². The van der Waals surface area contributed by atoms with Crippen LogP contribution in [0.5, 0.6) is 11.5 Å². The number of ether oxygens (including phenoxy) is 3. The van der Waals surface area contributed by atoms with Crippen LogP contribution in [0.3, 0.4) is 0 Å². The number of halogens is 1. The zero-order valence-corrected chi connectivity index (χ0v) is 18.3. The first kappa shape index (κ1) is 21.2. The summed E-state index contributed by atoms with van der Waals surface area (Å²) >= 11 is 3.48.